The molecule has 3 rings (SSSR count). The maximum Gasteiger partial charge on any atom is 0.380 e. The van der Waals surface area contributed by atoms with Gasteiger partial charge in [-0.2, -0.15) is 18.7 Å². The molecule has 1 amide bonds. The number of nitrogens with two attached hydrogens (primary N) is 1. The van der Waals surface area contributed by atoms with Gasteiger partial charge in [-0.05, 0) is 29.8 Å². The lowest BCUT2D eigenvalue weighted by Gasteiger charge is -2.20. The lowest BCUT2D eigenvalue weighted by Crippen LogP contribution is -2.24. The Morgan fingerprint density at radius 2 is 1.89 bits per heavy atom. The maximum absolute atomic E-state index is 12.0. The fourth-order valence-electron chi connectivity index (χ4n) is 2.83. The van der Waals surface area contributed by atoms with Gasteiger partial charge in [0.2, 0.25) is 5.91 Å². The van der Waals surface area contributed by atoms with Crippen molar-refractivity contribution in [3.05, 3.63) is 63.6 Å². The molecule has 1 aliphatic heterocycles. The van der Waals surface area contributed by atoms with Crippen molar-refractivity contribution in [1.29, 1.82) is 0 Å². The zero-order chi connectivity index (χ0) is 19.8. The summed E-state index contributed by atoms with van der Waals surface area (Å²) in [6, 6.07) is 11.0. The van der Waals surface area contributed by atoms with E-state index < -0.39 is 10.3 Å². The molecule has 1 aliphatic rings. The first-order chi connectivity index (χ1) is 12.6. The van der Waals surface area contributed by atoms with Crippen LogP contribution in [-0.4, -0.2) is 25.0 Å². The maximum atomic E-state index is 12.0. The molecule has 0 aromatic heterocycles. The van der Waals surface area contributed by atoms with Crippen LogP contribution >= 0.6 is 23.2 Å². The van der Waals surface area contributed by atoms with Crippen LogP contribution in [0.2, 0.25) is 10.0 Å². The molecule has 0 saturated carbocycles. The molecule has 2 aromatic rings. The highest BCUT2D eigenvalue weighted by Crippen LogP contribution is 2.35. The van der Waals surface area contributed by atoms with Crippen LogP contribution in [0.5, 0.6) is 5.75 Å². The van der Waals surface area contributed by atoms with Crippen LogP contribution in [0.4, 0.5) is 0 Å². The molecule has 1 unspecified atom stereocenters. The number of benzene rings is 2. The van der Waals surface area contributed by atoms with Crippen LogP contribution in [0.1, 0.15) is 30.5 Å². The quantitative estimate of drug-likeness (QED) is 0.808. The molecular formula is C17H15Cl2N3O4S. The third kappa shape index (κ3) is 4.59. The van der Waals surface area contributed by atoms with E-state index in [4.69, 9.17) is 28.3 Å². The second kappa shape index (κ2) is 7.47. The number of hydrogen-bond donors (Lipinski definition) is 1. The molecule has 0 aliphatic carbocycles. The van der Waals surface area contributed by atoms with E-state index in [2.05, 4.69) is 9.28 Å². The molecule has 1 heterocycles. The lowest BCUT2D eigenvalue weighted by atomic mass is 9.98. The van der Waals surface area contributed by atoms with E-state index in [1.165, 1.54) is 24.1 Å². The standard InChI is InChI=1S/C17H15Cl2N3O4S/c1-10(23)22-17(11-2-5-13(6-3-11)26-27(20,24)25)9-16(21-22)14-7-4-12(18)8-15(14)19/h2-8,17H,9H2,1H3,(H2,20,24,25). The smallest absolute Gasteiger partial charge is 0.371 e. The minimum Gasteiger partial charge on any atom is -0.371 e. The summed E-state index contributed by atoms with van der Waals surface area (Å²) in [4.78, 5) is 12.0. The molecule has 2 N–H and O–H groups in total. The van der Waals surface area contributed by atoms with E-state index in [1.807, 2.05) is 0 Å². The number of amides is 1. The van der Waals surface area contributed by atoms with E-state index in [9.17, 15) is 13.2 Å². The molecule has 2 aromatic carbocycles. The number of rotatable bonds is 4. The van der Waals surface area contributed by atoms with Gasteiger partial charge in [-0.15, -0.1) is 0 Å². The van der Waals surface area contributed by atoms with Crippen LogP contribution in [0, 0.1) is 0 Å². The molecule has 0 fully saturated rings. The van der Waals surface area contributed by atoms with Crippen LogP contribution in [0.3, 0.4) is 0 Å². The highest BCUT2D eigenvalue weighted by Gasteiger charge is 2.32. The molecular weight excluding hydrogens is 413 g/mol. The van der Waals surface area contributed by atoms with Crippen molar-refractivity contribution >= 4 is 45.1 Å². The largest absolute Gasteiger partial charge is 0.380 e. The minimum atomic E-state index is -4.10. The predicted octanol–water partition coefficient (Wildman–Crippen LogP) is 3.27. The van der Waals surface area contributed by atoms with Crippen molar-refractivity contribution in [2.75, 3.05) is 0 Å². The van der Waals surface area contributed by atoms with Crippen molar-refractivity contribution in [2.24, 2.45) is 10.2 Å². The number of nitrogens with zero attached hydrogens (tertiary/aromatic N) is 2. The van der Waals surface area contributed by atoms with Crippen molar-refractivity contribution in [2.45, 2.75) is 19.4 Å². The molecule has 10 heteroatoms. The third-order valence-electron chi connectivity index (χ3n) is 3.95. The van der Waals surface area contributed by atoms with Gasteiger partial charge in [0.15, 0.2) is 0 Å². The highest BCUT2D eigenvalue weighted by atomic mass is 35.5. The number of hydrogen-bond acceptors (Lipinski definition) is 5. The Morgan fingerprint density at radius 3 is 2.44 bits per heavy atom. The van der Waals surface area contributed by atoms with Crippen molar-refractivity contribution < 1.29 is 17.4 Å². The van der Waals surface area contributed by atoms with E-state index in [0.717, 1.165) is 5.56 Å². The Kier molecular flexibility index (Phi) is 5.43. The van der Waals surface area contributed by atoms with E-state index in [-0.39, 0.29) is 17.7 Å². The van der Waals surface area contributed by atoms with Crippen LogP contribution < -0.4 is 9.32 Å². The zero-order valence-corrected chi connectivity index (χ0v) is 16.4. The molecule has 7 nitrogen and oxygen atoms in total. The van der Waals surface area contributed by atoms with E-state index in [0.29, 0.717) is 27.7 Å². The topological polar surface area (TPSA) is 102 Å². The third-order valence-corrected chi connectivity index (χ3v) is 4.92. The van der Waals surface area contributed by atoms with Crippen LogP contribution in [0.15, 0.2) is 47.6 Å². The summed E-state index contributed by atoms with van der Waals surface area (Å²) in [7, 11) is -4.10. The predicted molar refractivity (Wildman–Crippen MR) is 103 cm³/mol. The van der Waals surface area contributed by atoms with Crippen LogP contribution in [0.25, 0.3) is 0 Å². The lowest BCUT2D eigenvalue weighted by molar-refractivity contribution is -0.130. The average molecular weight is 428 g/mol. The Morgan fingerprint density at radius 1 is 1.22 bits per heavy atom. The summed E-state index contributed by atoms with van der Waals surface area (Å²) in [6.45, 7) is 1.42. The Balaban J connectivity index is 1.89. The minimum absolute atomic E-state index is 0.0792. The van der Waals surface area contributed by atoms with E-state index >= 15 is 0 Å². The summed E-state index contributed by atoms with van der Waals surface area (Å²) >= 11 is 12.2. The van der Waals surface area contributed by atoms with Gasteiger partial charge >= 0.3 is 10.3 Å². The molecule has 0 radical (unpaired) electrons. The monoisotopic (exact) mass is 427 g/mol. The summed E-state index contributed by atoms with van der Waals surface area (Å²) in [5, 5.41) is 11.6. The fraction of sp³-hybridized carbons (Fsp3) is 0.176. The summed E-state index contributed by atoms with van der Waals surface area (Å²) in [5.74, 6) is -0.152. The van der Waals surface area contributed by atoms with Gasteiger partial charge in [-0.3, -0.25) is 4.79 Å². The number of halogens is 2. The molecule has 0 bridgehead atoms. The molecule has 0 spiro atoms. The van der Waals surface area contributed by atoms with Gasteiger partial charge in [0.25, 0.3) is 0 Å². The molecule has 0 saturated heterocycles. The SMILES string of the molecule is CC(=O)N1N=C(c2ccc(Cl)cc2Cl)CC1c1ccc(OS(N)(=O)=O)cc1. The van der Waals surface area contributed by atoms with Crippen molar-refractivity contribution in [3.63, 3.8) is 0 Å². The van der Waals surface area contributed by atoms with Gasteiger partial charge in [-0.25, -0.2) is 5.01 Å². The second-order valence-electron chi connectivity index (χ2n) is 5.90. The summed E-state index contributed by atoms with van der Waals surface area (Å²) < 4.78 is 26.6. The molecule has 27 heavy (non-hydrogen) atoms. The Labute approximate surface area is 166 Å². The Bertz CT molecular complexity index is 1020. The average Bonchev–Trinajstić information content (AvgIpc) is 2.99. The number of hydrazone groups is 1. The zero-order valence-electron chi connectivity index (χ0n) is 14.1. The van der Waals surface area contributed by atoms with Gasteiger partial charge in [0.05, 0.1) is 16.8 Å². The second-order valence-corrected chi connectivity index (χ2v) is 7.90. The normalized spacial score (nSPS) is 17.0. The van der Waals surface area contributed by atoms with Crippen molar-refractivity contribution in [3.8, 4) is 5.75 Å². The first kappa shape index (κ1) is 19.6. The number of carbonyl (C=O) groups is 1. The van der Waals surface area contributed by atoms with Gasteiger partial charge in [0.1, 0.15) is 5.75 Å². The first-order valence-electron chi connectivity index (χ1n) is 7.79. The van der Waals surface area contributed by atoms with Gasteiger partial charge < -0.3 is 4.18 Å². The van der Waals surface area contributed by atoms with Crippen LogP contribution in [-0.2, 0) is 15.1 Å². The van der Waals surface area contributed by atoms with E-state index in [1.54, 1.807) is 30.3 Å². The summed E-state index contributed by atoms with van der Waals surface area (Å²) in [5.41, 5.74) is 2.11. The molecule has 1 atom stereocenters. The Hall–Kier alpha value is -2.13. The number of carbonyl (C=O) groups excluding carboxylic acids is 1. The van der Waals surface area contributed by atoms with Gasteiger partial charge in [0, 0.05) is 23.9 Å². The first-order valence-corrected chi connectivity index (χ1v) is 10.0. The van der Waals surface area contributed by atoms with Gasteiger partial charge in [-0.1, -0.05) is 41.4 Å². The van der Waals surface area contributed by atoms with Crippen molar-refractivity contribution in [1.82, 2.24) is 5.01 Å². The highest BCUT2D eigenvalue weighted by molar-refractivity contribution is 7.84. The summed E-state index contributed by atoms with van der Waals surface area (Å²) in [6.07, 6.45) is 0.441. The molecule has 142 valence electrons. The fourth-order valence-corrected chi connectivity index (χ4v) is 3.72.